The van der Waals surface area contributed by atoms with Crippen LogP contribution in [0.1, 0.15) is 78.4 Å². The first kappa shape index (κ1) is 31.7. The SMILES string of the molecule is C[C@@H](c1ccccc1)[C@@H](C#N)N[S@@](=O)C(C)(C)C.C[C@@H](c1ccccc1)[C@@H](C#N)N[S@@](=O)C(C)(C)C. The van der Waals surface area contributed by atoms with Gasteiger partial charge >= 0.3 is 0 Å². The summed E-state index contributed by atoms with van der Waals surface area (Å²) >= 11 is 0. The standard InChI is InChI=1S/2C14H20N2OS/c2*1-11(12-8-6-5-7-9-12)13(10-15)16-18(17)14(2,3)4/h2*5-9,11,13,16H,1-4H3/t2*11-,13+,18-/m00/s1. The highest BCUT2D eigenvalue weighted by atomic mass is 32.2. The minimum absolute atomic E-state index is 0.00231. The number of hydrogen-bond acceptors (Lipinski definition) is 4. The van der Waals surface area contributed by atoms with Crippen LogP contribution in [0, 0.1) is 22.7 Å². The number of nitrogens with one attached hydrogen (secondary N) is 2. The monoisotopic (exact) mass is 528 g/mol. The number of hydrogen-bond donors (Lipinski definition) is 2. The molecule has 0 heterocycles. The lowest BCUT2D eigenvalue weighted by molar-refractivity contribution is 0.589. The molecule has 2 rings (SSSR count). The smallest absolute Gasteiger partial charge is 0.113 e. The second-order valence-electron chi connectivity index (χ2n) is 10.6. The topological polar surface area (TPSA) is 106 Å². The number of benzene rings is 2. The van der Waals surface area contributed by atoms with Gasteiger partial charge in [0.1, 0.15) is 12.1 Å². The van der Waals surface area contributed by atoms with Crippen molar-refractivity contribution in [2.75, 3.05) is 0 Å². The van der Waals surface area contributed by atoms with E-state index in [-0.39, 0.29) is 21.3 Å². The average Bonchev–Trinajstić information content (AvgIpc) is 2.85. The normalized spacial score (nSPS) is 16.6. The molecule has 6 atom stereocenters. The Balaban J connectivity index is 0.000000360. The van der Waals surface area contributed by atoms with Crippen molar-refractivity contribution in [2.45, 2.75) is 88.8 Å². The maximum atomic E-state index is 12.0. The fourth-order valence-electron chi connectivity index (χ4n) is 2.96. The van der Waals surface area contributed by atoms with E-state index in [0.29, 0.717) is 0 Å². The molecule has 0 radical (unpaired) electrons. The highest BCUT2D eigenvalue weighted by Gasteiger charge is 2.27. The Hall–Kier alpha value is -2.36. The van der Waals surface area contributed by atoms with Crippen LogP contribution < -0.4 is 9.44 Å². The summed E-state index contributed by atoms with van der Waals surface area (Å²) in [6, 6.07) is 23.1. The zero-order chi connectivity index (χ0) is 27.5. The predicted octanol–water partition coefficient (Wildman–Crippen LogP) is 5.47. The summed E-state index contributed by atoms with van der Waals surface area (Å²) in [5.74, 6) is 0.00463. The van der Waals surface area contributed by atoms with Gasteiger partial charge in [0.25, 0.3) is 0 Å². The molecule has 36 heavy (non-hydrogen) atoms. The first-order chi connectivity index (χ1) is 16.7. The Morgan fingerprint density at radius 1 is 0.639 bits per heavy atom. The van der Waals surface area contributed by atoms with Crippen LogP contribution in [0.5, 0.6) is 0 Å². The van der Waals surface area contributed by atoms with E-state index in [0.717, 1.165) is 11.1 Å². The third kappa shape index (κ3) is 10.3. The quantitative estimate of drug-likeness (QED) is 0.474. The molecular formula is C28H40N4O2S2. The van der Waals surface area contributed by atoms with Gasteiger partial charge in [0.15, 0.2) is 0 Å². The number of nitriles is 2. The molecule has 0 aliphatic heterocycles. The van der Waals surface area contributed by atoms with E-state index >= 15 is 0 Å². The van der Waals surface area contributed by atoms with Gasteiger partial charge in [-0.05, 0) is 52.7 Å². The highest BCUT2D eigenvalue weighted by Crippen LogP contribution is 2.21. The minimum Gasteiger partial charge on any atom is -0.242 e. The van der Waals surface area contributed by atoms with Crippen LogP contribution in [0.25, 0.3) is 0 Å². The Labute approximate surface area is 222 Å². The Morgan fingerprint density at radius 3 is 1.14 bits per heavy atom. The molecule has 0 saturated heterocycles. The third-order valence-corrected chi connectivity index (χ3v) is 8.67. The van der Waals surface area contributed by atoms with E-state index in [1.807, 2.05) is 116 Å². The molecule has 0 aromatic heterocycles. The molecule has 2 aromatic carbocycles. The lowest BCUT2D eigenvalue weighted by Gasteiger charge is -2.24. The maximum Gasteiger partial charge on any atom is 0.113 e. The summed E-state index contributed by atoms with van der Waals surface area (Å²) in [4.78, 5) is 0. The molecule has 0 fully saturated rings. The number of rotatable bonds is 8. The van der Waals surface area contributed by atoms with E-state index in [1.54, 1.807) is 0 Å². The van der Waals surface area contributed by atoms with Gasteiger partial charge in [0, 0.05) is 11.8 Å². The molecule has 0 amide bonds. The highest BCUT2D eigenvalue weighted by molar-refractivity contribution is 7.84. The van der Waals surface area contributed by atoms with Gasteiger partial charge in [-0.1, -0.05) is 74.5 Å². The molecule has 0 spiro atoms. The van der Waals surface area contributed by atoms with Gasteiger partial charge in [-0.25, -0.2) is 17.9 Å². The summed E-state index contributed by atoms with van der Waals surface area (Å²) in [6.45, 7) is 15.3. The van der Waals surface area contributed by atoms with E-state index in [4.69, 9.17) is 0 Å². The van der Waals surface area contributed by atoms with Crippen molar-refractivity contribution in [1.82, 2.24) is 9.44 Å². The zero-order valence-electron chi connectivity index (χ0n) is 22.6. The number of nitrogens with zero attached hydrogens (tertiary/aromatic N) is 2. The van der Waals surface area contributed by atoms with Crippen LogP contribution in [0.15, 0.2) is 60.7 Å². The summed E-state index contributed by atoms with van der Waals surface area (Å²) < 4.78 is 29.1. The Bertz CT molecular complexity index is 978. The molecule has 0 saturated carbocycles. The van der Waals surface area contributed by atoms with Crippen molar-refractivity contribution in [1.29, 1.82) is 10.5 Å². The fraction of sp³-hybridized carbons (Fsp3) is 0.500. The minimum atomic E-state index is -1.23. The molecule has 0 aliphatic rings. The van der Waals surface area contributed by atoms with Crippen LogP contribution in [-0.4, -0.2) is 30.0 Å². The molecule has 2 N–H and O–H groups in total. The van der Waals surface area contributed by atoms with Crippen LogP contribution in [-0.2, 0) is 22.0 Å². The van der Waals surface area contributed by atoms with Crippen LogP contribution >= 0.6 is 0 Å². The molecule has 0 bridgehead atoms. The van der Waals surface area contributed by atoms with Crippen LogP contribution in [0.4, 0.5) is 0 Å². The van der Waals surface area contributed by atoms with Gasteiger partial charge in [-0.3, -0.25) is 0 Å². The molecule has 196 valence electrons. The van der Waals surface area contributed by atoms with Crippen molar-refractivity contribution in [3.63, 3.8) is 0 Å². The van der Waals surface area contributed by atoms with Crippen molar-refractivity contribution >= 4 is 22.0 Å². The molecule has 8 heteroatoms. The molecular weight excluding hydrogens is 488 g/mol. The summed E-state index contributed by atoms with van der Waals surface area (Å²) in [6.07, 6.45) is 0. The predicted molar refractivity (Wildman–Crippen MR) is 151 cm³/mol. The van der Waals surface area contributed by atoms with Crippen molar-refractivity contribution in [3.8, 4) is 12.1 Å². The van der Waals surface area contributed by atoms with E-state index < -0.39 is 34.1 Å². The third-order valence-electron chi connectivity index (χ3n) is 5.51. The van der Waals surface area contributed by atoms with Crippen LogP contribution in [0.2, 0.25) is 0 Å². The van der Waals surface area contributed by atoms with Gasteiger partial charge in [0.05, 0.1) is 43.6 Å². The second kappa shape index (κ2) is 14.4. The van der Waals surface area contributed by atoms with Gasteiger partial charge < -0.3 is 0 Å². The van der Waals surface area contributed by atoms with Crippen LogP contribution in [0.3, 0.4) is 0 Å². The van der Waals surface area contributed by atoms with Crippen molar-refractivity contribution < 1.29 is 8.42 Å². The first-order valence-corrected chi connectivity index (χ1v) is 14.3. The molecule has 2 aromatic rings. The maximum absolute atomic E-state index is 12.0. The van der Waals surface area contributed by atoms with Gasteiger partial charge in [-0.15, -0.1) is 0 Å². The van der Waals surface area contributed by atoms with E-state index in [1.165, 1.54) is 0 Å². The Morgan fingerprint density at radius 2 is 0.917 bits per heavy atom. The lowest BCUT2D eigenvalue weighted by Crippen LogP contribution is -2.41. The van der Waals surface area contributed by atoms with Gasteiger partial charge in [-0.2, -0.15) is 10.5 Å². The van der Waals surface area contributed by atoms with Crippen molar-refractivity contribution in [3.05, 3.63) is 71.8 Å². The average molecular weight is 529 g/mol. The second-order valence-corrected chi connectivity index (χ2v) is 14.6. The summed E-state index contributed by atoms with van der Waals surface area (Å²) in [7, 11) is -2.47. The summed E-state index contributed by atoms with van der Waals surface area (Å²) in [5, 5.41) is 18.5. The van der Waals surface area contributed by atoms with Gasteiger partial charge in [0.2, 0.25) is 0 Å². The Kier molecular flexibility index (Phi) is 12.7. The van der Waals surface area contributed by atoms with E-state index in [9.17, 15) is 18.9 Å². The molecule has 0 aliphatic carbocycles. The summed E-state index contributed by atoms with van der Waals surface area (Å²) in [5.41, 5.74) is 2.14. The molecule has 6 nitrogen and oxygen atoms in total. The fourth-order valence-corrected chi connectivity index (χ4v) is 4.64. The van der Waals surface area contributed by atoms with Crippen molar-refractivity contribution in [2.24, 2.45) is 0 Å². The van der Waals surface area contributed by atoms with E-state index in [2.05, 4.69) is 21.6 Å². The zero-order valence-corrected chi connectivity index (χ0v) is 24.2. The lowest BCUT2D eigenvalue weighted by atomic mass is 9.95. The largest absolute Gasteiger partial charge is 0.242 e. The first-order valence-electron chi connectivity index (χ1n) is 12.0. The molecule has 0 unspecified atom stereocenters.